The molecule has 110 valence electrons. The normalized spacial score (nSPS) is 22.6. The maximum absolute atomic E-state index is 11.9. The number of aliphatic carboxylic acids is 1. The lowest BCUT2D eigenvalue weighted by atomic mass is 9.75. The van der Waals surface area contributed by atoms with Crippen molar-refractivity contribution < 1.29 is 14.7 Å². The fraction of sp³-hybridized carbons (Fsp3) is 0.857. The SMILES string of the molecule is CC1(C)CCCC(NC(=O)NC(C)(C)CC(=O)O)C1. The molecule has 1 saturated carbocycles. The molecule has 0 bridgehead atoms. The molecular weight excluding hydrogens is 244 g/mol. The van der Waals surface area contributed by atoms with Crippen LogP contribution in [0, 0.1) is 5.41 Å². The van der Waals surface area contributed by atoms with E-state index in [2.05, 4.69) is 24.5 Å². The molecule has 1 atom stereocenters. The first-order chi connectivity index (χ1) is 8.60. The van der Waals surface area contributed by atoms with E-state index in [0.717, 1.165) is 19.3 Å². The number of amides is 2. The van der Waals surface area contributed by atoms with Gasteiger partial charge in [-0.1, -0.05) is 20.3 Å². The van der Waals surface area contributed by atoms with Crippen LogP contribution in [0.4, 0.5) is 4.79 Å². The summed E-state index contributed by atoms with van der Waals surface area (Å²) in [5.41, 5.74) is -0.465. The van der Waals surface area contributed by atoms with Crippen LogP contribution in [-0.2, 0) is 4.79 Å². The van der Waals surface area contributed by atoms with Crippen molar-refractivity contribution in [2.75, 3.05) is 0 Å². The first-order valence-corrected chi connectivity index (χ1v) is 6.90. The molecule has 1 aliphatic carbocycles. The van der Waals surface area contributed by atoms with Gasteiger partial charge < -0.3 is 15.7 Å². The molecule has 3 N–H and O–H groups in total. The van der Waals surface area contributed by atoms with Crippen LogP contribution in [0.2, 0.25) is 0 Å². The lowest BCUT2D eigenvalue weighted by Crippen LogP contribution is -2.52. The van der Waals surface area contributed by atoms with Gasteiger partial charge in [0.1, 0.15) is 0 Å². The standard InChI is InChI=1S/C14H26N2O3/c1-13(2)7-5-6-10(8-13)15-12(19)16-14(3,4)9-11(17)18/h10H,5-9H2,1-4H3,(H,17,18)(H2,15,16,19). The van der Waals surface area contributed by atoms with E-state index in [1.54, 1.807) is 13.8 Å². The van der Waals surface area contributed by atoms with E-state index >= 15 is 0 Å². The van der Waals surface area contributed by atoms with Gasteiger partial charge in [-0.2, -0.15) is 0 Å². The monoisotopic (exact) mass is 270 g/mol. The van der Waals surface area contributed by atoms with Gasteiger partial charge in [0.15, 0.2) is 0 Å². The Kier molecular flexibility index (Phi) is 4.82. The molecule has 1 rings (SSSR count). The molecule has 0 aromatic heterocycles. The first-order valence-electron chi connectivity index (χ1n) is 6.90. The van der Waals surface area contributed by atoms with Gasteiger partial charge in [-0.25, -0.2) is 4.79 Å². The number of carboxylic acid groups (broad SMARTS) is 1. The molecule has 0 radical (unpaired) electrons. The highest BCUT2D eigenvalue weighted by Gasteiger charge is 2.30. The van der Waals surface area contributed by atoms with Crippen LogP contribution in [-0.4, -0.2) is 28.7 Å². The molecule has 2 amide bonds. The van der Waals surface area contributed by atoms with Gasteiger partial charge in [-0.15, -0.1) is 0 Å². The Morgan fingerprint density at radius 3 is 2.53 bits per heavy atom. The van der Waals surface area contributed by atoms with E-state index in [-0.39, 0.29) is 23.9 Å². The summed E-state index contributed by atoms with van der Waals surface area (Å²) in [7, 11) is 0. The zero-order chi connectivity index (χ0) is 14.7. The van der Waals surface area contributed by atoms with Crippen LogP contribution >= 0.6 is 0 Å². The number of hydrogen-bond acceptors (Lipinski definition) is 2. The zero-order valence-corrected chi connectivity index (χ0v) is 12.4. The minimum Gasteiger partial charge on any atom is -0.481 e. The third-order valence-corrected chi connectivity index (χ3v) is 3.59. The number of nitrogens with one attached hydrogen (secondary N) is 2. The number of hydrogen-bond donors (Lipinski definition) is 3. The highest BCUT2D eigenvalue weighted by molar-refractivity contribution is 5.76. The van der Waals surface area contributed by atoms with Gasteiger partial charge in [0.2, 0.25) is 0 Å². The second-order valence-corrected chi connectivity index (χ2v) is 7.01. The van der Waals surface area contributed by atoms with E-state index in [1.807, 2.05) is 0 Å². The average Bonchev–Trinajstić information content (AvgIpc) is 2.11. The molecule has 0 aliphatic heterocycles. The van der Waals surface area contributed by atoms with E-state index in [4.69, 9.17) is 5.11 Å². The van der Waals surface area contributed by atoms with Gasteiger partial charge in [0, 0.05) is 11.6 Å². The minimum atomic E-state index is -0.913. The van der Waals surface area contributed by atoms with Crippen molar-refractivity contribution in [1.29, 1.82) is 0 Å². The summed E-state index contributed by atoms with van der Waals surface area (Å²) < 4.78 is 0. The Balaban J connectivity index is 2.45. The van der Waals surface area contributed by atoms with Crippen molar-refractivity contribution in [3.05, 3.63) is 0 Å². The van der Waals surface area contributed by atoms with Gasteiger partial charge >= 0.3 is 12.0 Å². The molecule has 0 heterocycles. The van der Waals surface area contributed by atoms with Crippen molar-refractivity contribution in [2.24, 2.45) is 5.41 Å². The van der Waals surface area contributed by atoms with E-state index in [1.165, 1.54) is 6.42 Å². The highest BCUT2D eigenvalue weighted by Crippen LogP contribution is 2.35. The molecule has 1 aliphatic rings. The van der Waals surface area contributed by atoms with Crippen molar-refractivity contribution in [3.8, 4) is 0 Å². The van der Waals surface area contributed by atoms with E-state index in [9.17, 15) is 9.59 Å². The Bertz CT molecular complexity index is 351. The molecule has 1 unspecified atom stereocenters. The predicted molar refractivity (Wildman–Crippen MR) is 74.0 cm³/mol. The Hall–Kier alpha value is -1.26. The van der Waals surface area contributed by atoms with Crippen molar-refractivity contribution in [3.63, 3.8) is 0 Å². The third-order valence-electron chi connectivity index (χ3n) is 3.59. The van der Waals surface area contributed by atoms with Gasteiger partial charge in [-0.3, -0.25) is 4.79 Å². The van der Waals surface area contributed by atoms with Crippen molar-refractivity contribution >= 4 is 12.0 Å². The lowest BCUT2D eigenvalue weighted by Gasteiger charge is -2.36. The molecular formula is C14H26N2O3. The molecule has 0 aromatic carbocycles. The first kappa shape index (κ1) is 15.8. The molecule has 5 nitrogen and oxygen atoms in total. The molecule has 0 spiro atoms. The van der Waals surface area contributed by atoms with Crippen LogP contribution in [0.15, 0.2) is 0 Å². The highest BCUT2D eigenvalue weighted by atomic mass is 16.4. The summed E-state index contributed by atoms with van der Waals surface area (Å²) in [4.78, 5) is 22.6. The van der Waals surface area contributed by atoms with Crippen LogP contribution < -0.4 is 10.6 Å². The van der Waals surface area contributed by atoms with Crippen LogP contribution in [0.3, 0.4) is 0 Å². The van der Waals surface area contributed by atoms with Crippen molar-refractivity contribution in [2.45, 2.75) is 71.4 Å². The lowest BCUT2D eigenvalue weighted by molar-refractivity contribution is -0.138. The van der Waals surface area contributed by atoms with Gasteiger partial charge in [-0.05, 0) is 38.5 Å². The second kappa shape index (κ2) is 5.80. The van der Waals surface area contributed by atoms with E-state index in [0.29, 0.717) is 0 Å². The largest absolute Gasteiger partial charge is 0.481 e. The van der Waals surface area contributed by atoms with Crippen LogP contribution in [0.5, 0.6) is 0 Å². The zero-order valence-electron chi connectivity index (χ0n) is 12.4. The molecule has 1 fully saturated rings. The topological polar surface area (TPSA) is 78.4 Å². The van der Waals surface area contributed by atoms with Crippen LogP contribution in [0.25, 0.3) is 0 Å². The smallest absolute Gasteiger partial charge is 0.315 e. The summed E-state index contributed by atoms with van der Waals surface area (Å²) in [6, 6.07) is -0.0849. The molecule has 19 heavy (non-hydrogen) atoms. The van der Waals surface area contributed by atoms with Crippen molar-refractivity contribution in [1.82, 2.24) is 10.6 Å². The summed E-state index contributed by atoms with van der Waals surface area (Å²) in [6.45, 7) is 7.86. The average molecular weight is 270 g/mol. The summed E-state index contributed by atoms with van der Waals surface area (Å²) in [5.74, 6) is -0.913. The maximum atomic E-state index is 11.9. The predicted octanol–water partition coefficient (Wildman–Crippen LogP) is 2.51. The molecule has 0 saturated heterocycles. The second-order valence-electron chi connectivity index (χ2n) is 7.01. The van der Waals surface area contributed by atoms with Gasteiger partial charge in [0.25, 0.3) is 0 Å². The number of urea groups is 1. The number of rotatable bonds is 4. The molecule has 0 aromatic rings. The Morgan fingerprint density at radius 2 is 2.00 bits per heavy atom. The van der Waals surface area contributed by atoms with Crippen LogP contribution in [0.1, 0.15) is 59.8 Å². The minimum absolute atomic E-state index is 0.0867. The quantitative estimate of drug-likeness (QED) is 0.734. The summed E-state index contributed by atoms with van der Waals surface area (Å²) in [6.07, 6.45) is 4.19. The maximum Gasteiger partial charge on any atom is 0.315 e. The van der Waals surface area contributed by atoms with Gasteiger partial charge in [0.05, 0.1) is 6.42 Å². The fourth-order valence-electron chi connectivity index (χ4n) is 2.77. The van der Waals surface area contributed by atoms with E-state index < -0.39 is 11.5 Å². The summed E-state index contributed by atoms with van der Waals surface area (Å²) >= 11 is 0. The fourth-order valence-corrected chi connectivity index (χ4v) is 2.77. The third kappa shape index (κ3) is 5.94. The number of carbonyl (C=O) groups is 2. The Morgan fingerprint density at radius 1 is 1.37 bits per heavy atom. The Labute approximate surface area is 115 Å². The summed E-state index contributed by atoms with van der Waals surface area (Å²) in [5, 5.41) is 14.5. The number of carboxylic acids is 1. The number of carbonyl (C=O) groups excluding carboxylic acids is 1. The molecule has 5 heteroatoms.